The number of halogens is 1. The van der Waals surface area contributed by atoms with Gasteiger partial charge in [-0.2, -0.15) is 0 Å². The van der Waals surface area contributed by atoms with Crippen molar-refractivity contribution in [3.8, 4) is 0 Å². The van der Waals surface area contributed by atoms with Crippen molar-refractivity contribution in [3.63, 3.8) is 0 Å². The number of nitrogens with one attached hydrogen (secondary N) is 1. The van der Waals surface area contributed by atoms with E-state index in [1.807, 2.05) is 32.9 Å². The van der Waals surface area contributed by atoms with E-state index < -0.39 is 0 Å². The molecule has 6 heteroatoms. The highest BCUT2D eigenvalue weighted by atomic mass is 35.5. The number of nitrogens with zero attached hydrogens (tertiary/aromatic N) is 2. The molecule has 3 aromatic rings. The van der Waals surface area contributed by atoms with E-state index in [-0.39, 0.29) is 17.9 Å². The fourth-order valence-corrected chi connectivity index (χ4v) is 3.27. The van der Waals surface area contributed by atoms with Gasteiger partial charge in [-0.3, -0.25) is 9.59 Å². The first-order chi connectivity index (χ1) is 12.8. The van der Waals surface area contributed by atoms with E-state index in [0.717, 1.165) is 33.4 Å². The third-order valence-corrected chi connectivity index (χ3v) is 4.98. The third kappa shape index (κ3) is 4.03. The molecular formula is C21H22ClN3O2. The van der Waals surface area contributed by atoms with Gasteiger partial charge in [0, 0.05) is 23.7 Å². The zero-order valence-electron chi connectivity index (χ0n) is 15.9. The molecule has 1 amide bonds. The number of anilines is 1. The lowest BCUT2D eigenvalue weighted by Crippen LogP contribution is -2.26. The van der Waals surface area contributed by atoms with Gasteiger partial charge in [0.25, 0.3) is 5.56 Å². The molecule has 1 aromatic heterocycles. The SMILES string of the molecule is Cc1cc2nc(C)c(=O)n(CCC(=O)Nc3ccc(Cl)cc3C)c2cc1C. The zero-order chi connectivity index (χ0) is 19.7. The van der Waals surface area contributed by atoms with Gasteiger partial charge in [-0.25, -0.2) is 4.98 Å². The highest BCUT2D eigenvalue weighted by molar-refractivity contribution is 6.30. The highest BCUT2D eigenvalue weighted by Gasteiger charge is 2.12. The molecule has 5 nitrogen and oxygen atoms in total. The minimum Gasteiger partial charge on any atom is -0.326 e. The fraction of sp³-hybridized carbons (Fsp3) is 0.286. The van der Waals surface area contributed by atoms with E-state index in [9.17, 15) is 9.59 Å². The molecule has 3 rings (SSSR count). The summed E-state index contributed by atoms with van der Waals surface area (Å²) in [6, 6.07) is 9.25. The van der Waals surface area contributed by atoms with Crippen LogP contribution in [-0.2, 0) is 11.3 Å². The van der Waals surface area contributed by atoms with Crippen molar-refractivity contribution >= 4 is 34.2 Å². The molecule has 1 N–H and O–H groups in total. The molecule has 27 heavy (non-hydrogen) atoms. The molecule has 2 aromatic carbocycles. The number of hydrogen-bond donors (Lipinski definition) is 1. The average Bonchev–Trinajstić information content (AvgIpc) is 2.60. The molecule has 0 saturated heterocycles. The van der Waals surface area contributed by atoms with Gasteiger partial charge < -0.3 is 9.88 Å². The van der Waals surface area contributed by atoms with Crippen LogP contribution in [0.5, 0.6) is 0 Å². The first kappa shape index (κ1) is 19.1. The minimum absolute atomic E-state index is 0.154. The van der Waals surface area contributed by atoms with Crippen molar-refractivity contribution in [3.05, 3.63) is 68.1 Å². The molecule has 0 spiro atoms. The molecule has 0 aliphatic rings. The normalized spacial score (nSPS) is 11.0. The number of hydrogen-bond acceptors (Lipinski definition) is 3. The molecule has 0 aliphatic carbocycles. The molecular weight excluding hydrogens is 362 g/mol. The summed E-state index contributed by atoms with van der Waals surface area (Å²) in [5, 5.41) is 3.51. The highest BCUT2D eigenvalue weighted by Crippen LogP contribution is 2.20. The molecule has 0 unspecified atom stereocenters. The lowest BCUT2D eigenvalue weighted by atomic mass is 10.1. The summed E-state index contributed by atoms with van der Waals surface area (Å²) in [7, 11) is 0. The maximum Gasteiger partial charge on any atom is 0.272 e. The van der Waals surface area contributed by atoms with Gasteiger partial charge in [-0.15, -0.1) is 0 Å². The first-order valence-corrected chi connectivity index (χ1v) is 9.18. The maximum atomic E-state index is 12.6. The molecule has 140 valence electrons. The van der Waals surface area contributed by atoms with E-state index in [2.05, 4.69) is 10.3 Å². The number of amides is 1. The summed E-state index contributed by atoms with van der Waals surface area (Å²) in [5.74, 6) is -0.154. The standard InChI is InChI=1S/C21H22ClN3O2/c1-12-10-18-19(11-13(12)2)25(21(27)15(4)23-18)8-7-20(26)24-17-6-5-16(22)9-14(17)3/h5-6,9-11H,7-8H2,1-4H3,(H,24,26). The van der Waals surface area contributed by atoms with Crippen LogP contribution in [0.4, 0.5) is 5.69 Å². The third-order valence-electron chi connectivity index (χ3n) is 4.75. The summed E-state index contributed by atoms with van der Waals surface area (Å²) in [6.45, 7) is 7.89. The van der Waals surface area contributed by atoms with Crippen LogP contribution in [0.1, 0.15) is 28.8 Å². The van der Waals surface area contributed by atoms with Crippen LogP contribution in [-0.4, -0.2) is 15.5 Å². The number of rotatable bonds is 4. The van der Waals surface area contributed by atoms with Gasteiger partial charge in [0.1, 0.15) is 5.69 Å². The van der Waals surface area contributed by atoms with Gasteiger partial charge in [0.2, 0.25) is 5.91 Å². The van der Waals surface area contributed by atoms with Gasteiger partial charge in [-0.05, 0) is 74.7 Å². The van der Waals surface area contributed by atoms with Crippen molar-refractivity contribution in [2.45, 2.75) is 40.7 Å². The van der Waals surface area contributed by atoms with Crippen molar-refractivity contribution < 1.29 is 4.79 Å². The Morgan fingerprint density at radius 3 is 2.48 bits per heavy atom. The summed E-state index contributed by atoms with van der Waals surface area (Å²) < 4.78 is 1.64. The lowest BCUT2D eigenvalue weighted by Gasteiger charge is -2.13. The number of carbonyl (C=O) groups is 1. The topological polar surface area (TPSA) is 64.0 Å². The van der Waals surface area contributed by atoms with Crippen LogP contribution in [0.15, 0.2) is 35.1 Å². The second-order valence-corrected chi connectivity index (χ2v) is 7.27. The number of aromatic nitrogens is 2. The van der Waals surface area contributed by atoms with Crippen LogP contribution in [0.2, 0.25) is 5.02 Å². The van der Waals surface area contributed by atoms with Gasteiger partial charge >= 0.3 is 0 Å². The van der Waals surface area contributed by atoms with E-state index >= 15 is 0 Å². The first-order valence-electron chi connectivity index (χ1n) is 8.80. The zero-order valence-corrected chi connectivity index (χ0v) is 16.6. The quantitative estimate of drug-likeness (QED) is 0.730. The minimum atomic E-state index is -0.166. The Morgan fingerprint density at radius 1 is 1.07 bits per heavy atom. The summed E-state index contributed by atoms with van der Waals surface area (Å²) in [5.41, 5.74) is 5.61. The molecule has 0 radical (unpaired) electrons. The molecule has 0 aliphatic heterocycles. The van der Waals surface area contributed by atoms with Crippen molar-refractivity contribution in [1.29, 1.82) is 0 Å². The fourth-order valence-electron chi connectivity index (χ4n) is 3.04. The van der Waals surface area contributed by atoms with Crippen LogP contribution < -0.4 is 10.9 Å². The summed E-state index contributed by atoms with van der Waals surface area (Å²) in [6.07, 6.45) is 0.188. The summed E-state index contributed by atoms with van der Waals surface area (Å²) in [4.78, 5) is 29.4. The Balaban J connectivity index is 1.86. The Hall–Kier alpha value is -2.66. The Labute approximate surface area is 163 Å². The second kappa shape index (κ2) is 7.53. The van der Waals surface area contributed by atoms with E-state index in [1.54, 1.807) is 29.7 Å². The smallest absolute Gasteiger partial charge is 0.272 e. The predicted molar refractivity (Wildman–Crippen MR) is 110 cm³/mol. The molecule has 0 saturated carbocycles. The van der Waals surface area contributed by atoms with Gasteiger partial charge in [0.15, 0.2) is 0 Å². The Kier molecular flexibility index (Phi) is 5.33. The van der Waals surface area contributed by atoms with E-state index in [1.165, 1.54) is 0 Å². The van der Waals surface area contributed by atoms with E-state index in [0.29, 0.717) is 17.3 Å². The van der Waals surface area contributed by atoms with Crippen LogP contribution in [0, 0.1) is 27.7 Å². The van der Waals surface area contributed by atoms with Crippen molar-refractivity contribution in [2.24, 2.45) is 0 Å². The molecule has 0 atom stereocenters. The molecule has 0 bridgehead atoms. The van der Waals surface area contributed by atoms with E-state index in [4.69, 9.17) is 11.6 Å². The second-order valence-electron chi connectivity index (χ2n) is 6.84. The van der Waals surface area contributed by atoms with Crippen LogP contribution >= 0.6 is 11.6 Å². The Morgan fingerprint density at radius 2 is 1.78 bits per heavy atom. The average molecular weight is 384 g/mol. The Bertz CT molecular complexity index is 1100. The number of aryl methyl sites for hydroxylation is 5. The lowest BCUT2D eigenvalue weighted by molar-refractivity contribution is -0.116. The van der Waals surface area contributed by atoms with Gasteiger partial charge in [-0.1, -0.05) is 11.6 Å². The van der Waals surface area contributed by atoms with Crippen LogP contribution in [0.25, 0.3) is 11.0 Å². The number of fused-ring (bicyclic) bond motifs is 1. The van der Waals surface area contributed by atoms with Crippen LogP contribution in [0.3, 0.4) is 0 Å². The number of benzene rings is 2. The summed E-state index contributed by atoms with van der Waals surface area (Å²) >= 11 is 5.95. The molecule has 1 heterocycles. The van der Waals surface area contributed by atoms with Gasteiger partial charge in [0.05, 0.1) is 11.0 Å². The maximum absolute atomic E-state index is 12.6. The predicted octanol–water partition coefficient (Wildman–Crippen LogP) is 4.31. The monoisotopic (exact) mass is 383 g/mol. The van der Waals surface area contributed by atoms with Crippen molar-refractivity contribution in [2.75, 3.05) is 5.32 Å². The van der Waals surface area contributed by atoms with Crippen molar-refractivity contribution in [1.82, 2.24) is 9.55 Å². The molecule has 0 fully saturated rings. The number of carbonyl (C=O) groups excluding carboxylic acids is 1. The largest absolute Gasteiger partial charge is 0.326 e.